The molecule has 0 fully saturated rings. The molecule has 3 rings (SSSR count). The molecule has 3 aromatic rings. The Hall–Kier alpha value is -2.46. The Morgan fingerprint density at radius 3 is 2.32 bits per heavy atom. The molecule has 0 aliphatic carbocycles. The highest BCUT2D eigenvalue weighted by Gasteiger charge is 2.14. The maximum absolute atomic E-state index is 11.9. The summed E-state index contributed by atoms with van der Waals surface area (Å²) >= 11 is 6.26. The fraction of sp³-hybridized carbons (Fsp3) is 0.118. The van der Waals surface area contributed by atoms with Gasteiger partial charge >= 0.3 is 5.63 Å². The lowest BCUT2D eigenvalue weighted by molar-refractivity contribution is 0.355. The molecule has 0 atom stereocenters. The van der Waals surface area contributed by atoms with Crippen LogP contribution in [0.25, 0.3) is 22.1 Å². The average molecular weight is 317 g/mol. The molecule has 0 saturated carbocycles. The molecule has 0 aliphatic heterocycles. The smallest absolute Gasteiger partial charge is 0.336 e. The third kappa shape index (κ3) is 2.42. The van der Waals surface area contributed by atoms with E-state index in [0.717, 1.165) is 10.9 Å². The normalized spacial score (nSPS) is 10.7. The summed E-state index contributed by atoms with van der Waals surface area (Å²) in [4.78, 5) is 11.9. The summed E-state index contributed by atoms with van der Waals surface area (Å²) in [5.41, 5.74) is 1.42. The van der Waals surface area contributed by atoms with Gasteiger partial charge in [0, 0.05) is 33.7 Å². The number of hydrogen-bond acceptors (Lipinski definition) is 4. The Labute approximate surface area is 131 Å². The van der Waals surface area contributed by atoms with Crippen molar-refractivity contribution in [2.24, 2.45) is 0 Å². The zero-order chi connectivity index (χ0) is 15.7. The lowest BCUT2D eigenvalue weighted by Crippen LogP contribution is -1.99. The Kier molecular flexibility index (Phi) is 3.77. The minimum absolute atomic E-state index is 0.417. The SMILES string of the molecule is COc1cc2oc(=O)cc(-c3ccccc3Cl)c2cc1OC. The summed E-state index contributed by atoms with van der Waals surface area (Å²) in [6.07, 6.45) is 0. The molecule has 112 valence electrons. The first-order chi connectivity index (χ1) is 10.6. The van der Waals surface area contributed by atoms with Gasteiger partial charge in [-0.05, 0) is 12.1 Å². The number of fused-ring (bicyclic) bond motifs is 1. The highest BCUT2D eigenvalue weighted by molar-refractivity contribution is 6.33. The zero-order valence-electron chi connectivity index (χ0n) is 12.1. The van der Waals surface area contributed by atoms with Crippen LogP contribution in [0, 0.1) is 0 Å². The van der Waals surface area contributed by atoms with Crippen molar-refractivity contribution in [2.75, 3.05) is 14.2 Å². The maximum atomic E-state index is 11.9. The summed E-state index contributed by atoms with van der Waals surface area (Å²) in [7, 11) is 3.08. The van der Waals surface area contributed by atoms with Gasteiger partial charge in [0.25, 0.3) is 0 Å². The fourth-order valence-electron chi connectivity index (χ4n) is 2.39. The molecule has 0 N–H and O–H groups in total. The van der Waals surface area contributed by atoms with Crippen molar-refractivity contribution in [3.8, 4) is 22.6 Å². The van der Waals surface area contributed by atoms with Gasteiger partial charge in [-0.3, -0.25) is 0 Å². The van der Waals surface area contributed by atoms with E-state index in [2.05, 4.69) is 0 Å². The number of rotatable bonds is 3. The number of benzene rings is 2. The molecule has 4 nitrogen and oxygen atoms in total. The molecule has 1 aromatic heterocycles. The molecule has 0 bridgehead atoms. The van der Waals surface area contributed by atoms with Gasteiger partial charge in [-0.2, -0.15) is 0 Å². The number of hydrogen-bond donors (Lipinski definition) is 0. The summed E-state index contributed by atoms with van der Waals surface area (Å²) in [5.74, 6) is 1.05. The van der Waals surface area contributed by atoms with Gasteiger partial charge in [-0.1, -0.05) is 29.8 Å². The minimum Gasteiger partial charge on any atom is -0.493 e. The van der Waals surface area contributed by atoms with Crippen LogP contribution in [0.3, 0.4) is 0 Å². The zero-order valence-corrected chi connectivity index (χ0v) is 12.8. The van der Waals surface area contributed by atoms with E-state index in [1.165, 1.54) is 13.2 Å². The molecule has 0 spiro atoms. The molecule has 2 aromatic carbocycles. The Morgan fingerprint density at radius 1 is 0.955 bits per heavy atom. The van der Waals surface area contributed by atoms with E-state index in [1.54, 1.807) is 25.3 Å². The van der Waals surface area contributed by atoms with Crippen LogP contribution < -0.4 is 15.1 Å². The third-order valence-electron chi connectivity index (χ3n) is 3.41. The highest BCUT2D eigenvalue weighted by atomic mass is 35.5. The summed E-state index contributed by atoms with van der Waals surface area (Å²) in [6.45, 7) is 0. The van der Waals surface area contributed by atoms with Crippen LogP contribution >= 0.6 is 11.6 Å². The molecule has 0 saturated heterocycles. The summed E-state index contributed by atoms with van der Waals surface area (Å²) in [6, 6.07) is 12.2. The predicted molar refractivity (Wildman–Crippen MR) is 86.0 cm³/mol. The molecule has 0 amide bonds. The second-order valence-electron chi connectivity index (χ2n) is 4.66. The molecule has 22 heavy (non-hydrogen) atoms. The van der Waals surface area contributed by atoms with Crippen molar-refractivity contribution in [3.63, 3.8) is 0 Å². The van der Waals surface area contributed by atoms with E-state index >= 15 is 0 Å². The van der Waals surface area contributed by atoms with Gasteiger partial charge in [0.2, 0.25) is 0 Å². The van der Waals surface area contributed by atoms with E-state index in [4.69, 9.17) is 25.5 Å². The van der Waals surface area contributed by atoms with Crippen molar-refractivity contribution in [3.05, 3.63) is 57.9 Å². The second kappa shape index (κ2) is 5.73. The lowest BCUT2D eigenvalue weighted by atomic mass is 10.0. The number of methoxy groups -OCH3 is 2. The van der Waals surface area contributed by atoms with Crippen molar-refractivity contribution in [1.82, 2.24) is 0 Å². The average Bonchev–Trinajstić information content (AvgIpc) is 2.53. The van der Waals surface area contributed by atoms with E-state index in [-0.39, 0.29) is 0 Å². The maximum Gasteiger partial charge on any atom is 0.336 e. The van der Waals surface area contributed by atoms with Crippen molar-refractivity contribution < 1.29 is 13.9 Å². The van der Waals surface area contributed by atoms with Crippen molar-refractivity contribution >= 4 is 22.6 Å². The van der Waals surface area contributed by atoms with Crippen molar-refractivity contribution in [2.45, 2.75) is 0 Å². The van der Waals surface area contributed by atoms with Gasteiger partial charge in [0.1, 0.15) is 5.58 Å². The Bertz CT molecular complexity index is 899. The van der Waals surface area contributed by atoms with Crippen LogP contribution in [0.15, 0.2) is 51.7 Å². The lowest BCUT2D eigenvalue weighted by Gasteiger charge is -2.11. The molecule has 0 aliphatic rings. The fourth-order valence-corrected chi connectivity index (χ4v) is 2.63. The topological polar surface area (TPSA) is 48.7 Å². The summed E-state index contributed by atoms with van der Waals surface area (Å²) in [5, 5.41) is 1.29. The van der Waals surface area contributed by atoms with E-state index in [0.29, 0.717) is 27.7 Å². The first kappa shape index (κ1) is 14.5. The number of ether oxygens (including phenoxy) is 2. The Balaban J connectivity index is 2.40. The van der Waals surface area contributed by atoms with Crippen LogP contribution in [-0.4, -0.2) is 14.2 Å². The first-order valence-electron chi connectivity index (χ1n) is 6.59. The standard InChI is InChI=1S/C17H13ClO4/c1-20-15-7-12-11(10-5-3-4-6-13(10)18)8-17(19)22-14(12)9-16(15)21-2/h3-9H,1-2H3. The molecular weight excluding hydrogens is 304 g/mol. The summed E-state index contributed by atoms with van der Waals surface area (Å²) < 4.78 is 15.8. The third-order valence-corrected chi connectivity index (χ3v) is 3.74. The van der Waals surface area contributed by atoms with Gasteiger partial charge in [-0.15, -0.1) is 0 Å². The van der Waals surface area contributed by atoms with Gasteiger partial charge in [0.15, 0.2) is 11.5 Å². The minimum atomic E-state index is -0.449. The van der Waals surface area contributed by atoms with Crippen LogP contribution in [0.1, 0.15) is 0 Å². The van der Waals surface area contributed by atoms with Gasteiger partial charge in [0.05, 0.1) is 14.2 Å². The van der Waals surface area contributed by atoms with E-state index in [1.807, 2.05) is 18.2 Å². The first-order valence-corrected chi connectivity index (χ1v) is 6.96. The second-order valence-corrected chi connectivity index (χ2v) is 5.07. The monoisotopic (exact) mass is 316 g/mol. The quantitative estimate of drug-likeness (QED) is 0.682. The molecular formula is C17H13ClO4. The van der Waals surface area contributed by atoms with Gasteiger partial charge < -0.3 is 13.9 Å². The van der Waals surface area contributed by atoms with Crippen LogP contribution in [0.4, 0.5) is 0 Å². The van der Waals surface area contributed by atoms with Crippen LogP contribution in [0.5, 0.6) is 11.5 Å². The Morgan fingerprint density at radius 2 is 1.64 bits per heavy atom. The number of halogens is 1. The van der Waals surface area contributed by atoms with E-state index < -0.39 is 5.63 Å². The molecule has 5 heteroatoms. The molecule has 0 radical (unpaired) electrons. The molecule has 0 unspecified atom stereocenters. The highest BCUT2D eigenvalue weighted by Crippen LogP contribution is 2.38. The van der Waals surface area contributed by atoms with Crippen LogP contribution in [0.2, 0.25) is 5.02 Å². The van der Waals surface area contributed by atoms with Crippen LogP contribution in [-0.2, 0) is 0 Å². The molecule has 1 heterocycles. The van der Waals surface area contributed by atoms with Crippen molar-refractivity contribution in [1.29, 1.82) is 0 Å². The largest absolute Gasteiger partial charge is 0.493 e. The predicted octanol–water partition coefficient (Wildman–Crippen LogP) is 4.13. The van der Waals surface area contributed by atoms with Gasteiger partial charge in [-0.25, -0.2) is 4.79 Å². The van der Waals surface area contributed by atoms with E-state index in [9.17, 15) is 4.79 Å².